The first-order chi connectivity index (χ1) is 11.0. The van der Waals surface area contributed by atoms with Crippen LogP contribution in [0.3, 0.4) is 0 Å². The topological polar surface area (TPSA) is 26.7 Å². The van der Waals surface area contributed by atoms with E-state index >= 15 is 0 Å². The van der Waals surface area contributed by atoms with Crippen LogP contribution in [0.4, 0.5) is 8.78 Å². The monoisotopic (exact) mass is 324 g/mol. The Balaban J connectivity index is 1.69. The van der Waals surface area contributed by atoms with Gasteiger partial charge in [-0.1, -0.05) is 6.07 Å². The molecule has 1 aromatic carbocycles. The highest BCUT2D eigenvalue weighted by molar-refractivity contribution is 5.22. The second-order valence-corrected chi connectivity index (χ2v) is 7.13. The van der Waals surface area contributed by atoms with Crippen LogP contribution in [0.15, 0.2) is 18.2 Å². The number of β-amino-alcohol motifs (C(OH)–C–C–N with tert-alkyl or cyclic N) is 1. The lowest BCUT2D eigenvalue weighted by molar-refractivity contribution is 0.0956. The molecule has 0 aliphatic carbocycles. The van der Waals surface area contributed by atoms with E-state index in [-0.39, 0.29) is 12.1 Å². The molecular formula is C18H26F2N2O. The molecule has 0 spiro atoms. The molecule has 0 amide bonds. The molecule has 1 N–H and O–H groups in total. The Kier molecular flexibility index (Phi) is 4.99. The fourth-order valence-corrected chi connectivity index (χ4v) is 4.35. The van der Waals surface area contributed by atoms with Crippen molar-refractivity contribution in [3.8, 4) is 0 Å². The van der Waals surface area contributed by atoms with Crippen LogP contribution in [-0.2, 0) is 0 Å². The fourth-order valence-electron chi connectivity index (χ4n) is 4.35. The van der Waals surface area contributed by atoms with E-state index < -0.39 is 17.7 Å². The van der Waals surface area contributed by atoms with Gasteiger partial charge >= 0.3 is 0 Å². The molecule has 0 radical (unpaired) electrons. The Labute approximate surface area is 136 Å². The number of hydrogen-bond donors (Lipinski definition) is 1. The average molecular weight is 324 g/mol. The maximum atomic E-state index is 13.8. The molecule has 5 heteroatoms. The summed E-state index contributed by atoms with van der Waals surface area (Å²) in [4.78, 5) is 4.74. The van der Waals surface area contributed by atoms with E-state index in [9.17, 15) is 13.9 Å². The molecule has 0 saturated carbocycles. The molecule has 3 rings (SSSR count). The minimum absolute atomic E-state index is 0.206. The van der Waals surface area contributed by atoms with Gasteiger partial charge in [0.25, 0.3) is 0 Å². The number of fused-ring (bicyclic) bond motifs is 2. The van der Waals surface area contributed by atoms with E-state index in [1.54, 1.807) is 0 Å². The van der Waals surface area contributed by atoms with Crippen LogP contribution < -0.4 is 0 Å². The van der Waals surface area contributed by atoms with Crippen LogP contribution in [0.25, 0.3) is 0 Å². The van der Waals surface area contributed by atoms with Crippen molar-refractivity contribution in [2.45, 2.75) is 57.3 Å². The highest BCUT2D eigenvalue weighted by Crippen LogP contribution is 2.32. The van der Waals surface area contributed by atoms with Gasteiger partial charge in [-0.25, -0.2) is 8.78 Å². The van der Waals surface area contributed by atoms with Crippen molar-refractivity contribution in [3.63, 3.8) is 0 Å². The number of rotatable bonds is 4. The largest absolute Gasteiger partial charge is 0.387 e. The number of halogens is 2. The van der Waals surface area contributed by atoms with Gasteiger partial charge in [-0.3, -0.25) is 9.80 Å². The van der Waals surface area contributed by atoms with Gasteiger partial charge in [0.1, 0.15) is 11.6 Å². The molecule has 3 unspecified atom stereocenters. The van der Waals surface area contributed by atoms with E-state index in [0.717, 1.165) is 19.5 Å². The molecule has 2 aliphatic rings. The summed E-state index contributed by atoms with van der Waals surface area (Å²) in [6.45, 7) is 6.47. The summed E-state index contributed by atoms with van der Waals surface area (Å²) in [5.74, 6) is -1.34. The fraction of sp³-hybridized carbons (Fsp3) is 0.667. The molecule has 23 heavy (non-hydrogen) atoms. The predicted molar refractivity (Wildman–Crippen MR) is 86.2 cm³/mol. The molecule has 3 nitrogen and oxygen atoms in total. The first kappa shape index (κ1) is 16.8. The number of aliphatic hydroxyl groups is 1. The molecule has 2 bridgehead atoms. The molecule has 2 aliphatic heterocycles. The Bertz CT molecular complexity index is 532. The molecule has 2 saturated heterocycles. The minimum Gasteiger partial charge on any atom is -0.387 e. The van der Waals surface area contributed by atoms with E-state index in [4.69, 9.17) is 0 Å². The SMILES string of the molecule is CC(C)N1C2CCC1CN(CC(O)c1c(F)cccc1F)CC2. The maximum absolute atomic E-state index is 13.8. The van der Waals surface area contributed by atoms with Gasteiger partial charge in [0.15, 0.2) is 0 Å². The Hall–Kier alpha value is -1.04. The number of aliphatic hydroxyl groups excluding tert-OH is 1. The number of nitrogens with zero attached hydrogens (tertiary/aromatic N) is 2. The minimum atomic E-state index is -1.12. The zero-order valence-electron chi connectivity index (χ0n) is 13.9. The second-order valence-electron chi connectivity index (χ2n) is 7.13. The number of benzene rings is 1. The zero-order chi connectivity index (χ0) is 16.6. The van der Waals surface area contributed by atoms with Crippen molar-refractivity contribution >= 4 is 0 Å². The lowest BCUT2D eigenvalue weighted by Crippen LogP contribution is -2.43. The van der Waals surface area contributed by atoms with Gasteiger partial charge < -0.3 is 5.11 Å². The summed E-state index contributed by atoms with van der Waals surface area (Å²) in [5, 5.41) is 10.3. The van der Waals surface area contributed by atoms with Gasteiger partial charge in [0.05, 0.1) is 11.7 Å². The normalized spacial score (nSPS) is 27.4. The summed E-state index contributed by atoms with van der Waals surface area (Å²) in [7, 11) is 0. The highest BCUT2D eigenvalue weighted by atomic mass is 19.1. The van der Waals surface area contributed by atoms with Crippen molar-refractivity contribution < 1.29 is 13.9 Å². The standard InChI is InChI=1S/C18H26F2N2O/c1-12(2)22-13-6-7-14(22)10-21(9-8-13)11-17(23)18-15(19)4-3-5-16(18)20/h3-5,12-14,17,23H,6-11H2,1-2H3. The first-order valence-corrected chi connectivity index (χ1v) is 8.59. The summed E-state index contributed by atoms with van der Waals surface area (Å²) < 4.78 is 27.7. The molecule has 3 atom stereocenters. The van der Waals surface area contributed by atoms with Crippen LogP contribution in [-0.4, -0.2) is 52.7 Å². The maximum Gasteiger partial charge on any atom is 0.131 e. The quantitative estimate of drug-likeness (QED) is 0.922. The Morgan fingerprint density at radius 2 is 1.78 bits per heavy atom. The van der Waals surface area contributed by atoms with Crippen LogP contribution in [0, 0.1) is 11.6 Å². The van der Waals surface area contributed by atoms with Crippen molar-refractivity contribution in [2.75, 3.05) is 19.6 Å². The third-order valence-electron chi connectivity index (χ3n) is 5.28. The second kappa shape index (κ2) is 6.83. The lowest BCUT2D eigenvalue weighted by atomic mass is 10.1. The van der Waals surface area contributed by atoms with Gasteiger partial charge in [0.2, 0.25) is 0 Å². The van der Waals surface area contributed by atoms with E-state index in [0.29, 0.717) is 18.1 Å². The molecule has 1 aromatic rings. The summed E-state index contributed by atoms with van der Waals surface area (Å²) in [6.07, 6.45) is 2.34. The van der Waals surface area contributed by atoms with Gasteiger partial charge in [-0.15, -0.1) is 0 Å². The summed E-state index contributed by atoms with van der Waals surface area (Å²) >= 11 is 0. The van der Waals surface area contributed by atoms with Gasteiger partial charge in [-0.2, -0.15) is 0 Å². The molecule has 2 fully saturated rings. The zero-order valence-corrected chi connectivity index (χ0v) is 13.9. The van der Waals surface area contributed by atoms with Crippen molar-refractivity contribution in [2.24, 2.45) is 0 Å². The van der Waals surface area contributed by atoms with E-state index in [1.807, 2.05) is 0 Å². The van der Waals surface area contributed by atoms with E-state index in [2.05, 4.69) is 23.6 Å². The van der Waals surface area contributed by atoms with Crippen LogP contribution >= 0.6 is 0 Å². The first-order valence-electron chi connectivity index (χ1n) is 8.59. The van der Waals surface area contributed by atoms with E-state index in [1.165, 1.54) is 31.0 Å². The smallest absolute Gasteiger partial charge is 0.131 e. The summed E-state index contributed by atoms with van der Waals surface area (Å²) in [5.41, 5.74) is -0.206. The summed E-state index contributed by atoms with van der Waals surface area (Å²) in [6, 6.07) is 5.33. The van der Waals surface area contributed by atoms with Crippen molar-refractivity contribution in [1.82, 2.24) is 9.80 Å². The Morgan fingerprint density at radius 3 is 2.43 bits per heavy atom. The Morgan fingerprint density at radius 1 is 1.13 bits per heavy atom. The predicted octanol–water partition coefficient (Wildman–Crippen LogP) is 2.95. The highest BCUT2D eigenvalue weighted by Gasteiger charge is 2.38. The van der Waals surface area contributed by atoms with Crippen LogP contribution in [0.1, 0.15) is 44.8 Å². The molecular weight excluding hydrogens is 298 g/mol. The molecule has 0 aromatic heterocycles. The third-order valence-corrected chi connectivity index (χ3v) is 5.28. The number of likely N-dealkylation sites (tertiary alicyclic amines) is 1. The average Bonchev–Trinajstić information content (AvgIpc) is 2.77. The van der Waals surface area contributed by atoms with Gasteiger partial charge in [-0.05, 0) is 51.8 Å². The van der Waals surface area contributed by atoms with Crippen LogP contribution in [0.5, 0.6) is 0 Å². The van der Waals surface area contributed by atoms with Crippen LogP contribution in [0.2, 0.25) is 0 Å². The van der Waals surface area contributed by atoms with Gasteiger partial charge in [0, 0.05) is 31.2 Å². The number of hydrogen-bond acceptors (Lipinski definition) is 3. The molecule has 128 valence electrons. The van der Waals surface area contributed by atoms with Crippen molar-refractivity contribution in [3.05, 3.63) is 35.4 Å². The lowest BCUT2D eigenvalue weighted by Gasteiger charge is -2.32. The molecule has 2 heterocycles. The third kappa shape index (κ3) is 3.42. The van der Waals surface area contributed by atoms with Crippen molar-refractivity contribution in [1.29, 1.82) is 0 Å².